The van der Waals surface area contributed by atoms with Gasteiger partial charge in [-0.3, -0.25) is 14.8 Å². The second-order valence-electron chi connectivity index (χ2n) is 6.52. The summed E-state index contributed by atoms with van der Waals surface area (Å²) in [5.74, 6) is -0.0443. The number of para-hydroxylation sites is 1. The second-order valence-corrected chi connectivity index (χ2v) is 6.52. The highest BCUT2D eigenvalue weighted by atomic mass is 16.2. The Balaban J connectivity index is 1.68. The Morgan fingerprint density at radius 3 is 2.44 bits per heavy atom. The molecule has 5 nitrogen and oxygen atoms in total. The lowest BCUT2D eigenvalue weighted by atomic mass is 10.2. The Morgan fingerprint density at radius 1 is 0.963 bits per heavy atom. The van der Waals surface area contributed by atoms with E-state index in [0.717, 1.165) is 16.8 Å². The first-order valence-corrected chi connectivity index (χ1v) is 8.84. The highest BCUT2D eigenvalue weighted by Crippen LogP contribution is 2.21. The zero-order valence-corrected chi connectivity index (χ0v) is 15.1. The summed E-state index contributed by atoms with van der Waals surface area (Å²) in [6, 6.07) is 17.8. The number of nitrogens with zero attached hydrogens (tertiary/aromatic N) is 4. The van der Waals surface area contributed by atoms with Crippen LogP contribution in [0.3, 0.4) is 0 Å². The van der Waals surface area contributed by atoms with Crippen LogP contribution in [0.15, 0.2) is 79.4 Å². The average Bonchev–Trinajstić information content (AvgIpc) is 3.04. The molecule has 4 aromatic rings. The van der Waals surface area contributed by atoms with E-state index in [0.29, 0.717) is 18.7 Å². The summed E-state index contributed by atoms with van der Waals surface area (Å²) in [4.78, 5) is 23.2. The van der Waals surface area contributed by atoms with E-state index in [9.17, 15) is 4.79 Å². The van der Waals surface area contributed by atoms with Crippen molar-refractivity contribution in [3.05, 3.63) is 96.2 Å². The number of carbonyl (C=O) groups is 1. The van der Waals surface area contributed by atoms with E-state index >= 15 is 0 Å². The van der Waals surface area contributed by atoms with E-state index in [-0.39, 0.29) is 5.91 Å². The maximum absolute atomic E-state index is 13.1. The number of hydrogen-bond donors (Lipinski definition) is 0. The quantitative estimate of drug-likeness (QED) is 0.546. The van der Waals surface area contributed by atoms with Crippen molar-refractivity contribution >= 4 is 16.8 Å². The van der Waals surface area contributed by atoms with Gasteiger partial charge >= 0.3 is 0 Å². The van der Waals surface area contributed by atoms with Crippen molar-refractivity contribution in [3.63, 3.8) is 0 Å². The molecular formula is C22H20N4O. The minimum absolute atomic E-state index is 0.0443. The number of amides is 1. The maximum Gasteiger partial charge on any atom is 0.256 e. The molecule has 27 heavy (non-hydrogen) atoms. The van der Waals surface area contributed by atoms with Crippen molar-refractivity contribution in [1.82, 2.24) is 19.4 Å². The van der Waals surface area contributed by atoms with Crippen LogP contribution in [0.2, 0.25) is 0 Å². The third-order valence-corrected chi connectivity index (χ3v) is 4.70. The van der Waals surface area contributed by atoms with E-state index in [1.165, 1.54) is 5.39 Å². The zero-order valence-electron chi connectivity index (χ0n) is 15.1. The summed E-state index contributed by atoms with van der Waals surface area (Å²) in [5, 5.41) is 1.17. The van der Waals surface area contributed by atoms with Crippen LogP contribution in [0.4, 0.5) is 0 Å². The fraction of sp³-hybridized carbons (Fsp3) is 0.136. The molecule has 0 fully saturated rings. The first-order chi connectivity index (χ1) is 13.2. The molecule has 3 aromatic heterocycles. The van der Waals surface area contributed by atoms with Gasteiger partial charge in [-0.25, -0.2) is 0 Å². The van der Waals surface area contributed by atoms with Crippen LogP contribution in [0.5, 0.6) is 0 Å². The third kappa shape index (κ3) is 3.58. The molecule has 0 N–H and O–H groups in total. The minimum atomic E-state index is -0.0443. The van der Waals surface area contributed by atoms with Gasteiger partial charge in [0.1, 0.15) is 0 Å². The van der Waals surface area contributed by atoms with Gasteiger partial charge in [-0.2, -0.15) is 0 Å². The van der Waals surface area contributed by atoms with Crippen LogP contribution in [-0.4, -0.2) is 25.3 Å². The minimum Gasteiger partial charge on any atom is -0.346 e. The lowest BCUT2D eigenvalue weighted by Gasteiger charge is -2.23. The SMILES string of the molecule is Cn1c(CN(Cc2cccnc2)C(=O)c2cccnc2)cc2ccccc21. The van der Waals surface area contributed by atoms with Gasteiger partial charge in [-0.1, -0.05) is 24.3 Å². The number of fused-ring (bicyclic) bond motifs is 1. The van der Waals surface area contributed by atoms with E-state index in [2.05, 4.69) is 32.7 Å². The Kier molecular flexibility index (Phi) is 4.66. The number of aryl methyl sites for hydroxylation is 1. The molecule has 0 aliphatic carbocycles. The highest BCUT2D eigenvalue weighted by molar-refractivity contribution is 5.94. The molecule has 4 rings (SSSR count). The number of hydrogen-bond acceptors (Lipinski definition) is 3. The van der Waals surface area contributed by atoms with Gasteiger partial charge in [0.15, 0.2) is 0 Å². The monoisotopic (exact) mass is 356 g/mol. The van der Waals surface area contributed by atoms with E-state index in [1.807, 2.05) is 36.2 Å². The molecule has 0 saturated heterocycles. The molecule has 1 aromatic carbocycles. The molecule has 0 bridgehead atoms. The first-order valence-electron chi connectivity index (χ1n) is 8.84. The van der Waals surface area contributed by atoms with Crippen LogP contribution >= 0.6 is 0 Å². The molecule has 1 amide bonds. The van der Waals surface area contributed by atoms with Gasteiger partial charge in [0.05, 0.1) is 12.1 Å². The molecular weight excluding hydrogens is 336 g/mol. The Morgan fingerprint density at radius 2 is 1.74 bits per heavy atom. The molecule has 0 saturated carbocycles. The number of carbonyl (C=O) groups excluding carboxylic acids is 1. The van der Waals surface area contributed by atoms with Gasteiger partial charge in [0, 0.05) is 49.6 Å². The molecule has 0 atom stereocenters. The Labute approximate surface area is 157 Å². The predicted octanol–water partition coefficient (Wildman–Crippen LogP) is 3.81. The van der Waals surface area contributed by atoms with Gasteiger partial charge in [0.2, 0.25) is 0 Å². The fourth-order valence-corrected chi connectivity index (χ4v) is 3.28. The Hall–Kier alpha value is -3.47. The van der Waals surface area contributed by atoms with E-state index < -0.39 is 0 Å². The summed E-state index contributed by atoms with van der Waals surface area (Å²) in [6.45, 7) is 0.997. The van der Waals surface area contributed by atoms with E-state index in [1.54, 1.807) is 36.9 Å². The van der Waals surface area contributed by atoms with Crippen LogP contribution in [0, 0.1) is 0 Å². The summed E-state index contributed by atoms with van der Waals surface area (Å²) >= 11 is 0. The van der Waals surface area contributed by atoms with Crippen LogP contribution in [0.25, 0.3) is 10.9 Å². The molecule has 0 unspecified atom stereocenters. The van der Waals surface area contributed by atoms with Crippen molar-refractivity contribution < 1.29 is 4.79 Å². The van der Waals surface area contributed by atoms with Crippen LogP contribution in [0.1, 0.15) is 21.6 Å². The van der Waals surface area contributed by atoms with Crippen molar-refractivity contribution in [2.75, 3.05) is 0 Å². The lowest BCUT2D eigenvalue weighted by molar-refractivity contribution is 0.0726. The third-order valence-electron chi connectivity index (χ3n) is 4.70. The number of pyridine rings is 2. The summed E-state index contributed by atoms with van der Waals surface area (Å²) < 4.78 is 2.14. The van der Waals surface area contributed by atoms with Gasteiger partial charge in [0.25, 0.3) is 5.91 Å². The predicted molar refractivity (Wildman–Crippen MR) is 105 cm³/mol. The first kappa shape index (κ1) is 17.0. The molecule has 0 aliphatic heterocycles. The van der Waals surface area contributed by atoms with Gasteiger partial charge in [-0.05, 0) is 41.3 Å². The molecule has 5 heteroatoms. The topological polar surface area (TPSA) is 51.0 Å². The number of rotatable bonds is 5. The molecule has 0 spiro atoms. The molecule has 0 radical (unpaired) electrons. The lowest BCUT2D eigenvalue weighted by Crippen LogP contribution is -2.31. The average molecular weight is 356 g/mol. The van der Waals surface area contributed by atoms with E-state index in [4.69, 9.17) is 0 Å². The van der Waals surface area contributed by atoms with Crippen LogP contribution < -0.4 is 0 Å². The van der Waals surface area contributed by atoms with Crippen molar-refractivity contribution in [3.8, 4) is 0 Å². The highest BCUT2D eigenvalue weighted by Gasteiger charge is 2.19. The Bertz CT molecular complexity index is 1060. The number of aromatic nitrogens is 3. The van der Waals surface area contributed by atoms with Crippen molar-refractivity contribution in [2.24, 2.45) is 7.05 Å². The molecule has 0 aliphatic rings. The standard InChI is InChI=1S/C22H20N4O/c1-25-20(12-18-7-2-3-9-21(18)25)16-26(15-17-6-4-10-23-13-17)22(27)19-8-5-11-24-14-19/h2-14H,15-16H2,1H3. The summed E-state index contributed by atoms with van der Waals surface area (Å²) in [5.41, 5.74) is 3.81. The maximum atomic E-state index is 13.1. The van der Waals surface area contributed by atoms with Gasteiger partial charge in [-0.15, -0.1) is 0 Å². The molecule has 3 heterocycles. The van der Waals surface area contributed by atoms with Crippen molar-refractivity contribution in [1.29, 1.82) is 0 Å². The second kappa shape index (κ2) is 7.41. The smallest absolute Gasteiger partial charge is 0.256 e. The number of benzene rings is 1. The normalized spacial score (nSPS) is 10.9. The summed E-state index contributed by atoms with van der Waals surface area (Å²) in [7, 11) is 2.04. The molecule has 134 valence electrons. The van der Waals surface area contributed by atoms with Gasteiger partial charge < -0.3 is 9.47 Å². The van der Waals surface area contributed by atoms with Crippen LogP contribution in [-0.2, 0) is 20.1 Å². The summed E-state index contributed by atoms with van der Waals surface area (Å²) in [6.07, 6.45) is 6.82. The zero-order chi connectivity index (χ0) is 18.6. The largest absolute Gasteiger partial charge is 0.346 e. The fourth-order valence-electron chi connectivity index (χ4n) is 3.28. The van der Waals surface area contributed by atoms with Crippen molar-refractivity contribution in [2.45, 2.75) is 13.1 Å².